The summed E-state index contributed by atoms with van der Waals surface area (Å²) in [6, 6.07) is 0.0360. The smallest absolute Gasteiger partial charge is 0.407 e. The van der Waals surface area contributed by atoms with Crippen LogP contribution in [-0.4, -0.2) is 62.1 Å². The molecule has 1 aliphatic heterocycles. The second kappa shape index (κ2) is 5.48. The van der Waals surface area contributed by atoms with E-state index in [4.69, 9.17) is 0 Å². The van der Waals surface area contributed by atoms with Crippen molar-refractivity contribution in [3.8, 4) is 11.3 Å². The van der Waals surface area contributed by atoms with Crippen LogP contribution >= 0.6 is 0 Å². The number of aryl methyl sites for hydroxylation is 1. The number of ether oxygens (including phenoxy) is 1. The lowest BCUT2D eigenvalue weighted by Crippen LogP contribution is -2.59. The fourth-order valence-electron chi connectivity index (χ4n) is 2.84. The number of rotatable bonds is 3. The van der Waals surface area contributed by atoms with E-state index in [1.807, 2.05) is 6.92 Å². The third kappa shape index (κ3) is 2.23. The van der Waals surface area contributed by atoms with E-state index in [1.54, 1.807) is 16.9 Å². The topological polar surface area (TPSA) is 113 Å². The number of carbonyl (C=O) groups is 1. The van der Waals surface area contributed by atoms with Crippen molar-refractivity contribution >= 4 is 17.4 Å². The van der Waals surface area contributed by atoms with Crippen LogP contribution in [0.4, 0.5) is 10.6 Å². The number of nitrogens with one attached hydrogen (secondary N) is 2. The minimum atomic E-state index is -0.424. The van der Waals surface area contributed by atoms with Crippen molar-refractivity contribution in [2.24, 2.45) is 0 Å². The summed E-state index contributed by atoms with van der Waals surface area (Å²) < 4.78 is 6.39. The summed E-state index contributed by atoms with van der Waals surface area (Å²) in [7, 11) is 1.35. The standard InChI is InChI=1S/C14H16N8O2/c1-8-19-11(9-3-16-17-4-9)12-13(15-7-18-22(8)12)21-5-10(6-21)20-14(23)24-2/h3-4,7,10H,5-6H2,1-2H3,(H,16,17)(H,20,23). The lowest BCUT2D eigenvalue weighted by atomic mass is 10.1. The fourth-order valence-corrected chi connectivity index (χ4v) is 2.84. The number of aromatic nitrogens is 6. The summed E-state index contributed by atoms with van der Waals surface area (Å²) in [5.74, 6) is 1.55. The van der Waals surface area contributed by atoms with Gasteiger partial charge >= 0.3 is 6.09 Å². The van der Waals surface area contributed by atoms with Gasteiger partial charge in [0.2, 0.25) is 0 Å². The molecule has 0 aromatic carbocycles. The molecule has 0 atom stereocenters. The molecule has 3 aromatic heterocycles. The van der Waals surface area contributed by atoms with E-state index < -0.39 is 6.09 Å². The van der Waals surface area contributed by atoms with E-state index in [2.05, 4.69) is 40.2 Å². The van der Waals surface area contributed by atoms with Crippen LogP contribution in [0.25, 0.3) is 16.8 Å². The zero-order chi connectivity index (χ0) is 16.7. The second-order valence-electron chi connectivity index (χ2n) is 5.58. The van der Waals surface area contributed by atoms with E-state index in [1.165, 1.54) is 13.4 Å². The van der Waals surface area contributed by atoms with Gasteiger partial charge in [-0.1, -0.05) is 0 Å². The van der Waals surface area contributed by atoms with Crippen LogP contribution < -0.4 is 10.2 Å². The molecule has 0 saturated carbocycles. The van der Waals surface area contributed by atoms with Gasteiger partial charge in [0.05, 0.1) is 19.3 Å². The van der Waals surface area contributed by atoms with Crippen LogP contribution in [-0.2, 0) is 4.74 Å². The zero-order valence-corrected chi connectivity index (χ0v) is 13.2. The van der Waals surface area contributed by atoms with Crippen molar-refractivity contribution in [1.29, 1.82) is 0 Å². The van der Waals surface area contributed by atoms with Crippen LogP contribution in [0.2, 0.25) is 0 Å². The summed E-state index contributed by atoms with van der Waals surface area (Å²) in [6.07, 6.45) is 4.59. The third-order valence-corrected chi connectivity index (χ3v) is 4.04. The quantitative estimate of drug-likeness (QED) is 0.714. The largest absolute Gasteiger partial charge is 0.453 e. The molecule has 1 saturated heterocycles. The predicted molar refractivity (Wildman–Crippen MR) is 84.6 cm³/mol. The fraction of sp³-hybridized carbons (Fsp3) is 0.357. The highest BCUT2D eigenvalue weighted by Crippen LogP contribution is 2.31. The number of alkyl carbamates (subject to hydrolysis) is 1. The highest BCUT2D eigenvalue weighted by atomic mass is 16.5. The van der Waals surface area contributed by atoms with E-state index in [-0.39, 0.29) is 6.04 Å². The average Bonchev–Trinajstić information content (AvgIpc) is 3.18. The van der Waals surface area contributed by atoms with E-state index in [9.17, 15) is 4.79 Å². The monoisotopic (exact) mass is 328 g/mol. The molecule has 0 spiro atoms. The Hall–Kier alpha value is -3.17. The van der Waals surface area contributed by atoms with Gasteiger partial charge in [0.15, 0.2) is 5.82 Å². The number of aromatic amines is 1. The first kappa shape index (κ1) is 14.4. The Balaban J connectivity index is 1.69. The molecule has 4 heterocycles. The maximum absolute atomic E-state index is 11.3. The molecule has 1 fully saturated rings. The van der Waals surface area contributed by atoms with E-state index in [0.29, 0.717) is 13.1 Å². The van der Waals surface area contributed by atoms with Gasteiger partial charge in [-0.2, -0.15) is 10.2 Å². The van der Waals surface area contributed by atoms with Gasteiger partial charge in [0.25, 0.3) is 0 Å². The van der Waals surface area contributed by atoms with Crippen molar-refractivity contribution in [3.63, 3.8) is 0 Å². The number of methoxy groups -OCH3 is 1. The average molecular weight is 328 g/mol. The lowest BCUT2D eigenvalue weighted by molar-refractivity contribution is 0.164. The number of amides is 1. The van der Waals surface area contributed by atoms with E-state index in [0.717, 1.165) is 28.4 Å². The van der Waals surface area contributed by atoms with Crippen LogP contribution in [0.3, 0.4) is 0 Å². The molecular formula is C14H16N8O2. The molecule has 0 bridgehead atoms. The molecule has 10 nitrogen and oxygen atoms in total. The van der Waals surface area contributed by atoms with Gasteiger partial charge in [-0.05, 0) is 6.92 Å². The van der Waals surface area contributed by atoms with Gasteiger partial charge in [-0.15, -0.1) is 0 Å². The first-order valence-electron chi connectivity index (χ1n) is 7.46. The predicted octanol–water partition coefficient (Wildman–Crippen LogP) is 0.367. The Bertz CT molecular complexity index is 882. The Kier molecular flexibility index (Phi) is 3.29. The molecule has 0 radical (unpaired) electrons. The normalized spacial score (nSPS) is 14.7. The summed E-state index contributed by atoms with van der Waals surface area (Å²) >= 11 is 0. The van der Waals surface area contributed by atoms with Gasteiger partial charge in [-0.25, -0.2) is 19.3 Å². The molecule has 0 aliphatic carbocycles. The van der Waals surface area contributed by atoms with Gasteiger partial charge in [0, 0.05) is 24.8 Å². The van der Waals surface area contributed by atoms with Gasteiger partial charge in [0.1, 0.15) is 23.4 Å². The number of hydrogen-bond donors (Lipinski definition) is 2. The van der Waals surface area contributed by atoms with Gasteiger partial charge in [-0.3, -0.25) is 5.10 Å². The molecule has 24 heavy (non-hydrogen) atoms. The molecular weight excluding hydrogens is 312 g/mol. The highest BCUT2D eigenvalue weighted by Gasteiger charge is 2.32. The molecule has 1 aliphatic rings. The minimum absolute atomic E-state index is 0.0360. The van der Waals surface area contributed by atoms with Crippen LogP contribution in [0.15, 0.2) is 18.7 Å². The summed E-state index contributed by atoms with van der Waals surface area (Å²) in [4.78, 5) is 22.4. The Morgan fingerprint density at radius 3 is 3.00 bits per heavy atom. The van der Waals surface area contributed by atoms with Crippen molar-refractivity contribution in [2.45, 2.75) is 13.0 Å². The van der Waals surface area contributed by atoms with Gasteiger partial charge < -0.3 is 15.0 Å². The number of fused-ring (bicyclic) bond motifs is 1. The molecule has 2 N–H and O–H groups in total. The number of anilines is 1. The van der Waals surface area contributed by atoms with Crippen molar-refractivity contribution in [2.75, 3.05) is 25.1 Å². The molecule has 124 valence electrons. The first-order chi connectivity index (χ1) is 11.7. The summed E-state index contributed by atoms with van der Waals surface area (Å²) in [5, 5.41) is 13.9. The number of carbonyl (C=O) groups excluding carboxylic acids is 1. The SMILES string of the molecule is COC(=O)NC1CN(c2ncnn3c(C)nc(-c4cn[nH]c4)c23)C1. The van der Waals surface area contributed by atoms with Crippen LogP contribution in [0, 0.1) is 6.92 Å². The molecule has 10 heteroatoms. The number of imidazole rings is 1. The van der Waals surface area contributed by atoms with Crippen LogP contribution in [0.5, 0.6) is 0 Å². The second-order valence-corrected chi connectivity index (χ2v) is 5.58. The Labute approximate surface area is 136 Å². The molecule has 0 unspecified atom stereocenters. The van der Waals surface area contributed by atoms with Crippen molar-refractivity contribution in [3.05, 3.63) is 24.5 Å². The summed E-state index contributed by atoms with van der Waals surface area (Å²) in [6.45, 7) is 3.19. The maximum atomic E-state index is 11.3. The molecule has 1 amide bonds. The first-order valence-corrected chi connectivity index (χ1v) is 7.46. The Morgan fingerprint density at radius 2 is 2.29 bits per heavy atom. The third-order valence-electron chi connectivity index (χ3n) is 4.04. The number of nitrogens with zero attached hydrogens (tertiary/aromatic N) is 6. The Morgan fingerprint density at radius 1 is 1.46 bits per heavy atom. The maximum Gasteiger partial charge on any atom is 0.407 e. The summed E-state index contributed by atoms with van der Waals surface area (Å²) in [5.41, 5.74) is 2.48. The van der Waals surface area contributed by atoms with E-state index >= 15 is 0 Å². The van der Waals surface area contributed by atoms with Crippen molar-refractivity contribution < 1.29 is 9.53 Å². The number of H-pyrrole nitrogens is 1. The van der Waals surface area contributed by atoms with Crippen LogP contribution in [0.1, 0.15) is 5.82 Å². The minimum Gasteiger partial charge on any atom is -0.453 e. The number of hydrogen-bond acceptors (Lipinski definition) is 7. The zero-order valence-electron chi connectivity index (χ0n) is 13.2. The van der Waals surface area contributed by atoms with Crippen molar-refractivity contribution in [1.82, 2.24) is 35.1 Å². The lowest BCUT2D eigenvalue weighted by Gasteiger charge is -2.40. The highest BCUT2D eigenvalue weighted by molar-refractivity contribution is 5.86. The molecule has 3 aromatic rings. The molecule has 4 rings (SSSR count).